The largest absolute Gasteiger partial charge is 0.439 e. The monoisotopic (exact) mass is 189 g/mol. The number of halogens is 1. The lowest BCUT2D eigenvalue weighted by atomic mass is 9.84. The predicted octanol–water partition coefficient (Wildman–Crippen LogP) is 1.65. The highest BCUT2D eigenvalue weighted by Gasteiger charge is 2.47. The van der Waals surface area contributed by atoms with Gasteiger partial charge in [0.1, 0.15) is 5.60 Å². The summed E-state index contributed by atoms with van der Waals surface area (Å²) >= 11 is 6.13. The van der Waals surface area contributed by atoms with E-state index in [1.54, 1.807) is 0 Å². The maximum Gasteiger partial charge on any atom is 0.407 e. The zero-order valence-electron chi connectivity index (χ0n) is 6.81. The first-order valence-corrected chi connectivity index (χ1v) is 4.77. The highest BCUT2D eigenvalue weighted by atomic mass is 35.5. The SMILES string of the molecule is O=C1NCC2(CCCCC2Cl)O1. The third-order valence-corrected chi connectivity index (χ3v) is 3.32. The van der Waals surface area contributed by atoms with Crippen LogP contribution in [0, 0.1) is 0 Å². The Morgan fingerprint density at radius 1 is 1.58 bits per heavy atom. The van der Waals surface area contributed by atoms with Crippen LogP contribution in [0.3, 0.4) is 0 Å². The first-order chi connectivity index (χ1) is 5.73. The van der Waals surface area contributed by atoms with E-state index < -0.39 is 5.60 Å². The summed E-state index contributed by atoms with van der Waals surface area (Å²) in [5.74, 6) is 0. The van der Waals surface area contributed by atoms with Gasteiger partial charge in [0.2, 0.25) is 0 Å². The molecule has 12 heavy (non-hydrogen) atoms. The van der Waals surface area contributed by atoms with Gasteiger partial charge in [-0.1, -0.05) is 6.42 Å². The molecule has 68 valence electrons. The predicted molar refractivity (Wildman–Crippen MR) is 45.3 cm³/mol. The van der Waals surface area contributed by atoms with Crippen LogP contribution in [0.15, 0.2) is 0 Å². The summed E-state index contributed by atoms with van der Waals surface area (Å²) < 4.78 is 5.22. The fraction of sp³-hybridized carbons (Fsp3) is 0.875. The molecular formula is C8H12ClNO2. The Morgan fingerprint density at radius 2 is 2.42 bits per heavy atom. The highest BCUT2D eigenvalue weighted by Crippen LogP contribution is 2.37. The Balaban J connectivity index is 2.12. The van der Waals surface area contributed by atoms with Gasteiger partial charge in [-0.05, 0) is 19.3 Å². The molecule has 0 bridgehead atoms. The Bertz CT molecular complexity index is 209. The molecule has 0 aromatic carbocycles. The van der Waals surface area contributed by atoms with Crippen LogP contribution in [0.5, 0.6) is 0 Å². The van der Waals surface area contributed by atoms with Crippen LogP contribution in [-0.4, -0.2) is 23.6 Å². The average Bonchev–Trinajstić information content (AvgIpc) is 2.41. The second kappa shape index (κ2) is 2.80. The van der Waals surface area contributed by atoms with Crippen LogP contribution >= 0.6 is 11.6 Å². The maximum atomic E-state index is 10.9. The Labute approximate surface area is 76.4 Å². The topological polar surface area (TPSA) is 38.3 Å². The number of rotatable bonds is 0. The second-order valence-electron chi connectivity index (χ2n) is 3.52. The van der Waals surface area contributed by atoms with E-state index in [0.29, 0.717) is 6.54 Å². The molecule has 3 nitrogen and oxygen atoms in total. The standard InChI is InChI=1S/C8H12ClNO2/c9-6-3-1-2-4-8(6)5-10-7(11)12-8/h6H,1-5H2,(H,10,11). The van der Waals surface area contributed by atoms with Crippen molar-refractivity contribution >= 4 is 17.7 Å². The van der Waals surface area contributed by atoms with E-state index in [1.165, 1.54) is 0 Å². The number of nitrogens with one attached hydrogen (secondary N) is 1. The molecular weight excluding hydrogens is 178 g/mol. The van der Waals surface area contributed by atoms with Crippen molar-refractivity contribution in [3.8, 4) is 0 Å². The number of alkyl halides is 1. The van der Waals surface area contributed by atoms with Crippen molar-refractivity contribution in [2.24, 2.45) is 0 Å². The summed E-state index contributed by atoms with van der Waals surface area (Å²) in [6.45, 7) is 0.583. The molecule has 2 atom stereocenters. The number of carbonyl (C=O) groups is 1. The van der Waals surface area contributed by atoms with E-state index >= 15 is 0 Å². The summed E-state index contributed by atoms with van der Waals surface area (Å²) in [5.41, 5.74) is -0.392. The number of amides is 1. The molecule has 4 heteroatoms. The third kappa shape index (κ3) is 1.16. The number of ether oxygens (including phenoxy) is 1. The second-order valence-corrected chi connectivity index (χ2v) is 4.05. The van der Waals surface area contributed by atoms with E-state index in [-0.39, 0.29) is 11.5 Å². The molecule has 1 aliphatic carbocycles. The van der Waals surface area contributed by atoms with Gasteiger partial charge in [0.05, 0.1) is 11.9 Å². The number of carbonyl (C=O) groups excluding carboxylic acids is 1. The van der Waals surface area contributed by atoms with Crippen molar-refractivity contribution in [2.45, 2.75) is 36.7 Å². The van der Waals surface area contributed by atoms with E-state index in [4.69, 9.17) is 16.3 Å². The van der Waals surface area contributed by atoms with Crippen LogP contribution < -0.4 is 5.32 Å². The first kappa shape index (κ1) is 8.17. The van der Waals surface area contributed by atoms with Gasteiger partial charge >= 0.3 is 6.09 Å². The molecule has 2 rings (SSSR count). The summed E-state index contributed by atoms with van der Waals surface area (Å²) in [5, 5.41) is 2.66. The normalized spacial score (nSPS) is 41.1. The van der Waals surface area contributed by atoms with Gasteiger partial charge in [-0.2, -0.15) is 0 Å². The zero-order valence-corrected chi connectivity index (χ0v) is 7.56. The summed E-state index contributed by atoms with van der Waals surface area (Å²) in [4.78, 5) is 10.9. The minimum absolute atomic E-state index is 0.00907. The fourth-order valence-electron chi connectivity index (χ4n) is 1.96. The van der Waals surface area contributed by atoms with Gasteiger partial charge in [-0.15, -0.1) is 11.6 Å². The first-order valence-electron chi connectivity index (χ1n) is 4.34. The summed E-state index contributed by atoms with van der Waals surface area (Å²) in [6.07, 6.45) is 3.80. The van der Waals surface area contributed by atoms with Crippen molar-refractivity contribution in [3.63, 3.8) is 0 Å². The van der Waals surface area contributed by atoms with Gasteiger partial charge in [0, 0.05) is 0 Å². The van der Waals surface area contributed by atoms with E-state index in [1.807, 2.05) is 0 Å². The van der Waals surface area contributed by atoms with Gasteiger partial charge in [-0.25, -0.2) is 4.79 Å². The van der Waals surface area contributed by atoms with Crippen molar-refractivity contribution in [1.29, 1.82) is 0 Å². The molecule has 1 heterocycles. The van der Waals surface area contributed by atoms with Crippen LogP contribution in [0.2, 0.25) is 0 Å². The summed E-state index contributed by atoms with van der Waals surface area (Å²) in [6, 6.07) is 0. The quantitative estimate of drug-likeness (QED) is 0.589. The van der Waals surface area contributed by atoms with Crippen LogP contribution in [-0.2, 0) is 4.74 Å². The summed E-state index contributed by atoms with van der Waals surface area (Å²) in [7, 11) is 0. The van der Waals surface area contributed by atoms with Crippen LogP contribution in [0.4, 0.5) is 4.79 Å². The molecule has 0 aromatic rings. The zero-order chi connectivity index (χ0) is 8.60. The van der Waals surface area contributed by atoms with Gasteiger partial charge in [-0.3, -0.25) is 0 Å². The molecule has 1 N–H and O–H groups in total. The number of hydrogen-bond donors (Lipinski definition) is 1. The van der Waals surface area contributed by atoms with Crippen molar-refractivity contribution in [1.82, 2.24) is 5.32 Å². The van der Waals surface area contributed by atoms with E-state index in [0.717, 1.165) is 25.7 Å². The average molecular weight is 190 g/mol. The molecule has 1 saturated carbocycles. The van der Waals surface area contributed by atoms with Crippen LogP contribution in [0.25, 0.3) is 0 Å². The fourth-order valence-corrected chi connectivity index (χ4v) is 2.35. The smallest absolute Gasteiger partial charge is 0.407 e. The molecule has 2 unspecified atom stereocenters. The van der Waals surface area contributed by atoms with E-state index in [2.05, 4.69) is 5.32 Å². The molecule has 1 spiro atoms. The van der Waals surface area contributed by atoms with Gasteiger partial charge in [0.15, 0.2) is 0 Å². The van der Waals surface area contributed by atoms with Crippen LogP contribution in [0.1, 0.15) is 25.7 Å². The van der Waals surface area contributed by atoms with Crippen molar-refractivity contribution < 1.29 is 9.53 Å². The molecule has 0 radical (unpaired) electrons. The molecule has 2 fully saturated rings. The Hall–Kier alpha value is -0.440. The molecule has 1 aliphatic heterocycles. The maximum absolute atomic E-state index is 10.9. The molecule has 1 amide bonds. The minimum Gasteiger partial charge on any atom is -0.439 e. The lowest BCUT2D eigenvalue weighted by Gasteiger charge is -2.34. The Morgan fingerprint density at radius 3 is 3.00 bits per heavy atom. The third-order valence-electron chi connectivity index (χ3n) is 2.71. The van der Waals surface area contributed by atoms with E-state index in [9.17, 15) is 4.79 Å². The lowest BCUT2D eigenvalue weighted by Crippen LogP contribution is -2.45. The minimum atomic E-state index is -0.392. The van der Waals surface area contributed by atoms with Crippen molar-refractivity contribution in [2.75, 3.05) is 6.54 Å². The molecule has 1 saturated heterocycles. The van der Waals surface area contributed by atoms with Gasteiger partial charge < -0.3 is 10.1 Å². The molecule has 2 aliphatic rings. The number of hydrogen-bond acceptors (Lipinski definition) is 2. The number of alkyl carbamates (subject to hydrolysis) is 1. The molecule has 0 aromatic heterocycles. The lowest BCUT2D eigenvalue weighted by molar-refractivity contribution is 0.0297. The highest BCUT2D eigenvalue weighted by molar-refractivity contribution is 6.21. The van der Waals surface area contributed by atoms with Crippen molar-refractivity contribution in [3.05, 3.63) is 0 Å². The Kier molecular flexibility index (Phi) is 1.91. The van der Waals surface area contributed by atoms with Gasteiger partial charge in [0.25, 0.3) is 0 Å².